The van der Waals surface area contributed by atoms with Gasteiger partial charge < -0.3 is 10.6 Å². The molecule has 1 aliphatic rings. The third kappa shape index (κ3) is 3.00. The number of non-ortho nitro benzene ring substituents is 1. The highest BCUT2D eigenvalue weighted by Gasteiger charge is 2.11. The molecule has 2 N–H and O–H groups in total. The van der Waals surface area contributed by atoms with E-state index in [-0.39, 0.29) is 5.69 Å². The van der Waals surface area contributed by atoms with E-state index in [1.807, 2.05) is 6.07 Å². The van der Waals surface area contributed by atoms with Crippen molar-refractivity contribution in [2.24, 2.45) is 0 Å². The molecule has 1 heterocycles. The Hall–Kier alpha value is -2.08. The molecule has 5 nitrogen and oxygen atoms in total. The number of nitrogens with zero attached hydrogens (tertiary/aromatic N) is 1. The second kappa shape index (κ2) is 5.73. The van der Waals surface area contributed by atoms with Crippen molar-refractivity contribution >= 4 is 38.7 Å². The highest BCUT2D eigenvalue weighted by atomic mass is 79.9. The zero-order valence-electron chi connectivity index (χ0n) is 11.2. The molecule has 0 spiro atoms. The Labute approximate surface area is 130 Å². The van der Waals surface area contributed by atoms with Crippen molar-refractivity contribution in [2.75, 3.05) is 17.2 Å². The van der Waals surface area contributed by atoms with E-state index in [0.717, 1.165) is 30.8 Å². The van der Waals surface area contributed by atoms with Crippen molar-refractivity contribution in [3.8, 4) is 0 Å². The van der Waals surface area contributed by atoms with Crippen LogP contribution in [0, 0.1) is 10.1 Å². The minimum atomic E-state index is -0.404. The molecule has 108 valence electrons. The molecule has 21 heavy (non-hydrogen) atoms. The van der Waals surface area contributed by atoms with E-state index in [4.69, 9.17) is 0 Å². The Balaban J connectivity index is 1.85. The highest BCUT2D eigenvalue weighted by molar-refractivity contribution is 9.10. The van der Waals surface area contributed by atoms with Crippen LogP contribution in [0.25, 0.3) is 0 Å². The van der Waals surface area contributed by atoms with Gasteiger partial charge in [0.05, 0.1) is 10.6 Å². The van der Waals surface area contributed by atoms with Crippen LogP contribution >= 0.6 is 15.9 Å². The van der Waals surface area contributed by atoms with Crippen molar-refractivity contribution in [3.63, 3.8) is 0 Å². The van der Waals surface area contributed by atoms with E-state index in [9.17, 15) is 10.1 Å². The normalized spacial score (nSPS) is 13.2. The second-order valence-electron chi connectivity index (χ2n) is 4.95. The summed E-state index contributed by atoms with van der Waals surface area (Å²) in [5.41, 5.74) is 4.34. The molecular formula is C15H14BrN3O2. The number of anilines is 3. The van der Waals surface area contributed by atoms with Gasteiger partial charge in [0.15, 0.2) is 0 Å². The van der Waals surface area contributed by atoms with Gasteiger partial charge in [-0.2, -0.15) is 0 Å². The molecule has 1 aliphatic heterocycles. The molecule has 0 saturated heterocycles. The third-order valence-electron chi connectivity index (χ3n) is 3.49. The SMILES string of the molecule is O=[N+]([O-])c1ccc(Nc2ccc3c(c2)CCCN3)c(Br)c1. The molecule has 0 radical (unpaired) electrons. The van der Waals surface area contributed by atoms with Gasteiger partial charge in [0, 0.05) is 34.5 Å². The summed E-state index contributed by atoms with van der Waals surface area (Å²) in [6.45, 7) is 1.02. The quantitative estimate of drug-likeness (QED) is 0.635. The smallest absolute Gasteiger partial charge is 0.270 e. The van der Waals surface area contributed by atoms with E-state index in [2.05, 4.69) is 38.7 Å². The number of nitrogens with one attached hydrogen (secondary N) is 2. The number of fused-ring (bicyclic) bond motifs is 1. The monoisotopic (exact) mass is 347 g/mol. The lowest BCUT2D eigenvalue weighted by molar-refractivity contribution is -0.384. The Morgan fingerprint density at radius 1 is 1.24 bits per heavy atom. The average Bonchev–Trinajstić information content (AvgIpc) is 2.49. The molecule has 2 aromatic carbocycles. The molecule has 6 heteroatoms. The lowest BCUT2D eigenvalue weighted by Gasteiger charge is -2.19. The van der Waals surface area contributed by atoms with Crippen LogP contribution in [0.2, 0.25) is 0 Å². The second-order valence-corrected chi connectivity index (χ2v) is 5.80. The number of nitro benzene ring substituents is 1. The van der Waals surface area contributed by atoms with Crippen LogP contribution in [0.4, 0.5) is 22.7 Å². The van der Waals surface area contributed by atoms with Crippen molar-refractivity contribution in [2.45, 2.75) is 12.8 Å². The van der Waals surface area contributed by atoms with Crippen LogP contribution in [0.15, 0.2) is 40.9 Å². The van der Waals surface area contributed by atoms with E-state index in [1.165, 1.54) is 23.4 Å². The summed E-state index contributed by atoms with van der Waals surface area (Å²) in [6.07, 6.45) is 2.21. The Bertz CT molecular complexity index is 703. The number of rotatable bonds is 3. The molecule has 0 atom stereocenters. The third-order valence-corrected chi connectivity index (χ3v) is 4.14. The summed E-state index contributed by atoms with van der Waals surface area (Å²) >= 11 is 3.37. The van der Waals surface area contributed by atoms with E-state index >= 15 is 0 Å². The molecule has 0 saturated carbocycles. The molecule has 0 aliphatic carbocycles. The first-order chi connectivity index (χ1) is 10.1. The Kier molecular flexibility index (Phi) is 3.79. The molecule has 0 aromatic heterocycles. The summed E-state index contributed by atoms with van der Waals surface area (Å²) < 4.78 is 0.674. The van der Waals surface area contributed by atoms with Gasteiger partial charge in [-0.25, -0.2) is 0 Å². The van der Waals surface area contributed by atoms with Crippen LogP contribution in [0.1, 0.15) is 12.0 Å². The van der Waals surface area contributed by atoms with Crippen LogP contribution in [0.5, 0.6) is 0 Å². The van der Waals surface area contributed by atoms with E-state index < -0.39 is 4.92 Å². The fraction of sp³-hybridized carbons (Fsp3) is 0.200. The van der Waals surface area contributed by atoms with Gasteiger partial charge in [0.2, 0.25) is 0 Å². The number of aryl methyl sites for hydroxylation is 1. The average molecular weight is 348 g/mol. The number of hydrogen-bond donors (Lipinski definition) is 2. The summed E-state index contributed by atoms with van der Waals surface area (Å²) in [5, 5.41) is 17.4. The maximum atomic E-state index is 10.7. The van der Waals surface area contributed by atoms with Crippen molar-refractivity contribution in [1.82, 2.24) is 0 Å². The highest BCUT2D eigenvalue weighted by Crippen LogP contribution is 2.31. The van der Waals surface area contributed by atoms with Crippen LogP contribution in [0.3, 0.4) is 0 Å². The summed E-state index contributed by atoms with van der Waals surface area (Å²) in [6, 6.07) is 10.9. The molecule has 0 bridgehead atoms. The zero-order valence-corrected chi connectivity index (χ0v) is 12.8. The van der Waals surface area contributed by atoms with Gasteiger partial charge in [-0.05, 0) is 58.6 Å². The summed E-state index contributed by atoms with van der Waals surface area (Å²) in [5.74, 6) is 0. The van der Waals surface area contributed by atoms with Crippen molar-refractivity contribution < 1.29 is 4.92 Å². The first-order valence-corrected chi connectivity index (χ1v) is 7.50. The topological polar surface area (TPSA) is 67.2 Å². The van der Waals surface area contributed by atoms with E-state index in [0.29, 0.717) is 4.47 Å². The van der Waals surface area contributed by atoms with Crippen molar-refractivity contribution in [1.29, 1.82) is 0 Å². The standard InChI is InChI=1S/C15H14BrN3O2/c16-13-9-12(19(20)21)4-6-15(13)18-11-3-5-14-10(8-11)2-1-7-17-14/h3-6,8-9,17-18H,1-2,7H2. The molecule has 3 rings (SSSR count). The number of benzene rings is 2. The van der Waals surface area contributed by atoms with Gasteiger partial charge in [-0.3, -0.25) is 10.1 Å². The minimum absolute atomic E-state index is 0.0714. The van der Waals surface area contributed by atoms with Crippen molar-refractivity contribution in [3.05, 3.63) is 56.5 Å². The molecule has 0 fully saturated rings. The number of nitro groups is 1. The summed E-state index contributed by atoms with van der Waals surface area (Å²) in [4.78, 5) is 10.3. The van der Waals surface area contributed by atoms with Gasteiger partial charge in [-0.1, -0.05) is 0 Å². The lowest BCUT2D eigenvalue weighted by atomic mass is 10.0. The molecular weight excluding hydrogens is 334 g/mol. The lowest BCUT2D eigenvalue weighted by Crippen LogP contribution is -2.11. The largest absolute Gasteiger partial charge is 0.385 e. The van der Waals surface area contributed by atoms with Gasteiger partial charge in [-0.15, -0.1) is 0 Å². The van der Waals surface area contributed by atoms with E-state index in [1.54, 1.807) is 6.07 Å². The summed E-state index contributed by atoms with van der Waals surface area (Å²) in [7, 11) is 0. The Morgan fingerprint density at radius 3 is 2.86 bits per heavy atom. The predicted molar refractivity (Wildman–Crippen MR) is 87.3 cm³/mol. The van der Waals surface area contributed by atoms with Crippen LogP contribution in [-0.2, 0) is 6.42 Å². The number of halogens is 1. The first-order valence-electron chi connectivity index (χ1n) is 6.71. The van der Waals surface area contributed by atoms with Gasteiger partial charge in [0.25, 0.3) is 5.69 Å². The van der Waals surface area contributed by atoms with Crippen LogP contribution < -0.4 is 10.6 Å². The zero-order chi connectivity index (χ0) is 14.8. The predicted octanol–water partition coefficient (Wildman–Crippen LogP) is 4.46. The Morgan fingerprint density at radius 2 is 2.10 bits per heavy atom. The maximum Gasteiger partial charge on any atom is 0.270 e. The fourth-order valence-electron chi connectivity index (χ4n) is 2.43. The maximum absolute atomic E-state index is 10.7. The number of hydrogen-bond acceptors (Lipinski definition) is 4. The van der Waals surface area contributed by atoms with Gasteiger partial charge in [0.1, 0.15) is 0 Å². The molecule has 2 aromatic rings. The first kappa shape index (κ1) is 13.9. The van der Waals surface area contributed by atoms with Gasteiger partial charge >= 0.3 is 0 Å². The molecule has 0 amide bonds. The minimum Gasteiger partial charge on any atom is -0.385 e. The molecule has 0 unspecified atom stereocenters. The van der Waals surface area contributed by atoms with Crippen LogP contribution in [-0.4, -0.2) is 11.5 Å². The fourth-order valence-corrected chi connectivity index (χ4v) is 2.89.